The van der Waals surface area contributed by atoms with Crippen molar-refractivity contribution >= 4 is 16.5 Å². The van der Waals surface area contributed by atoms with Crippen molar-refractivity contribution in [2.45, 2.75) is 25.4 Å². The minimum atomic E-state index is -4.29. The standard InChI is InChI=1S/C20H19F3N2S/c21-20(22,23)17-10-8-16(9-11-17)13-18-14-25-19(26-18)24-12-4-7-15-5-2-1-3-6-15/h1-3,5-6,8-11,14H,4,7,12-13H2,(H,24,25). The van der Waals surface area contributed by atoms with Crippen molar-refractivity contribution in [3.05, 3.63) is 82.4 Å². The SMILES string of the molecule is FC(F)(F)c1ccc(Cc2cnc(NCCCc3ccccc3)s2)cc1. The van der Waals surface area contributed by atoms with Crippen LogP contribution in [0, 0.1) is 0 Å². The van der Waals surface area contributed by atoms with E-state index in [1.54, 1.807) is 6.20 Å². The van der Waals surface area contributed by atoms with Crippen LogP contribution in [0.2, 0.25) is 0 Å². The zero-order valence-corrected chi connectivity index (χ0v) is 14.9. The van der Waals surface area contributed by atoms with Crippen molar-refractivity contribution in [1.29, 1.82) is 0 Å². The summed E-state index contributed by atoms with van der Waals surface area (Å²) in [5, 5.41) is 4.16. The van der Waals surface area contributed by atoms with Gasteiger partial charge in [-0.05, 0) is 36.1 Å². The largest absolute Gasteiger partial charge is 0.416 e. The molecule has 0 atom stereocenters. The van der Waals surface area contributed by atoms with Gasteiger partial charge in [0.1, 0.15) is 0 Å². The van der Waals surface area contributed by atoms with E-state index < -0.39 is 11.7 Å². The molecule has 136 valence electrons. The van der Waals surface area contributed by atoms with Gasteiger partial charge in [-0.3, -0.25) is 0 Å². The molecule has 0 aliphatic rings. The number of hydrogen-bond donors (Lipinski definition) is 1. The van der Waals surface area contributed by atoms with Crippen molar-refractivity contribution < 1.29 is 13.2 Å². The number of rotatable bonds is 7. The van der Waals surface area contributed by atoms with Crippen LogP contribution >= 0.6 is 11.3 Å². The van der Waals surface area contributed by atoms with Crippen molar-refractivity contribution in [2.24, 2.45) is 0 Å². The molecule has 0 bridgehead atoms. The molecule has 0 unspecified atom stereocenters. The molecule has 0 saturated carbocycles. The molecule has 0 radical (unpaired) electrons. The summed E-state index contributed by atoms with van der Waals surface area (Å²) in [5.41, 5.74) is 1.54. The number of thiazole rings is 1. The third-order valence-electron chi connectivity index (χ3n) is 3.97. The summed E-state index contributed by atoms with van der Waals surface area (Å²) < 4.78 is 37.8. The van der Waals surface area contributed by atoms with E-state index >= 15 is 0 Å². The Morgan fingerprint density at radius 1 is 0.923 bits per heavy atom. The summed E-state index contributed by atoms with van der Waals surface area (Å²) >= 11 is 1.54. The smallest absolute Gasteiger partial charge is 0.362 e. The zero-order chi connectivity index (χ0) is 18.4. The maximum Gasteiger partial charge on any atom is 0.416 e. The Labute approximate surface area is 154 Å². The molecular weight excluding hydrogens is 357 g/mol. The first kappa shape index (κ1) is 18.5. The van der Waals surface area contributed by atoms with Crippen molar-refractivity contribution in [1.82, 2.24) is 4.98 Å². The molecule has 3 aromatic rings. The number of anilines is 1. The Balaban J connectivity index is 1.47. The number of halogens is 3. The highest BCUT2D eigenvalue weighted by Gasteiger charge is 2.29. The fourth-order valence-corrected chi connectivity index (χ4v) is 3.49. The van der Waals surface area contributed by atoms with Gasteiger partial charge in [0.25, 0.3) is 0 Å². The average molecular weight is 376 g/mol. The highest BCUT2D eigenvalue weighted by Crippen LogP contribution is 2.29. The van der Waals surface area contributed by atoms with Gasteiger partial charge in [-0.25, -0.2) is 4.98 Å². The fourth-order valence-electron chi connectivity index (χ4n) is 2.62. The van der Waals surface area contributed by atoms with Crippen LogP contribution in [0.5, 0.6) is 0 Å². The number of aromatic nitrogens is 1. The summed E-state index contributed by atoms with van der Waals surface area (Å²) in [7, 11) is 0. The summed E-state index contributed by atoms with van der Waals surface area (Å²) in [6.45, 7) is 0.835. The number of alkyl halides is 3. The second-order valence-corrected chi connectivity index (χ2v) is 7.13. The molecule has 0 fully saturated rings. The van der Waals surface area contributed by atoms with Gasteiger partial charge in [0.2, 0.25) is 0 Å². The summed E-state index contributed by atoms with van der Waals surface area (Å²) in [6.07, 6.45) is 0.0959. The van der Waals surface area contributed by atoms with E-state index in [1.807, 2.05) is 18.2 Å². The number of nitrogens with zero attached hydrogens (tertiary/aromatic N) is 1. The van der Waals surface area contributed by atoms with Crippen LogP contribution < -0.4 is 5.32 Å². The van der Waals surface area contributed by atoms with E-state index in [9.17, 15) is 13.2 Å². The van der Waals surface area contributed by atoms with Crippen LogP contribution in [0.25, 0.3) is 0 Å². The molecule has 1 heterocycles. The molecule has 0 amide bonds. The van der Waals surface area contributed by atoms with Gasteiger partial charge in [0.15, 0.2) is 5.13 Å². The fraction of sp³-hybridized carbons (Fsp3) is 0.250. The molecule has 6 heteroatoms. The lowest BCUT2D eigenvalue weighted by atomic mass is 10.1. The van der Waals surface area contributed by atoms with Gasteiger partial charge in [-0.1, -0.05) is 42.5 Å². The Bertz CT molecular complexity index is 811. The first-order chi connectivity index (χ1) is 12.5. The normalized spacial score (nSPS) is 11.5. The summed E-state index contributed by atoms with van der Waals surface area (Å²) in [5.74, 6) is 0. The van der Waals surface area contributed by atoms with Crippen LogP contribution in [-0.2, 0) is 19.0 Å². The predicted octanol–water partition coefficient (Wildman–Crippen LogP) is 5.80. The van der Waals surface area contributed by atoms with E-state index in [4.69, 9.17) is 0 Å². The van der Waals surface area contributed by atoms with Crippen LogP contribution in [-0.4, -0.2) is 11.5 Å². The van der Waals surface area contributed by atoms with E-state index in [-0.39, 0.29) is 0 Å². The highest BCUT2D eigenvalue weighted by atomic mass is 32.1. The van der Waals surface area contributed by atoms with E-state index in [1.165, 1.54) is 29.0 Å². The maximum atomic E-state index is 12.6. The summed E-state index contributed by atoms with van der Waals surface area (Å²) in [4.78, 5) is 5.36. The van der Waals surface area contributed by atoms with Crippen molar-refractivity contribution in [3.8, 4) is 0 Å². The molecular formula is C20H19F3N2S. The third-order valence-corrected chi connectivity index (χ3v) is 4.93. The second kappa shape index (κ2) is 8.36. The lowest BCUT2D eigenvalue weighted by Crippen LogP contribution is -2.04. The van der Waals surface area contributed by atoms with Gasteiger partial charge in [0.05, 0.1) is 5.56 Å². The molecule has 2 aromatic carbocycles. The molecule has 0 aliphatic heterocycles. The Morgan fingerprint density at radius 2 is 1.65 bits per heavy atom. The van der Waals surface area contributed by atoms with Crippen LogP contribution in [0.4, 0.5) is 18.3 Å². The van der Waals surface area contributed by atoms with Gasteiger partial charge < -0.3 is 5.32 Å². The van der Waals surface area contributed by atoms with E-state index in [0.29, 0.717) is 6.42 Å². The first-order valence-corrected chi connectivity index (χ1v) is 9.21. The van der Waals surface area contributed by atoms with Crippen LogP contribution in [0.1, 0.15) is 28.0 Å². The summed E-state index contributed by atoms with van der Waals surface area (Å²) in [6, 6.07) is 15.6. The van der Waals surface area contributed by atoms with Crippen LogP contribution in [0.15, 0.2) is 60.8 Å². The zero-order valence-electron chi connectivity index (χ0n) is 14.1. The van der Waals surface area contributed by atoms with Crippen molar-refractivity contribution in [3.63, 3.8) is 0 Å². The number of nitrogens with one attached hydrogen (secondary N) is 1. The minimum Gasteiger partial charge on any atom is -0.362 e. The number of hydrogen-bond acceptors (Lipinski definition) is 3. The van der Waals surface area contributed by atoms with E-state index in [2.05, 4.69) is 22.4 Å². The Hall–Kier alpha value is -2.34. The van der Waals surface area contributed by atoms with Crippen molar-refractivity contribution in [2.75, 3.05) is 11.9 Å². The Morgan fingerprint density at radius 3 is 2.35 bits per heavy atom. The first-order valence-electron chi connectivity index (χ1n) is 8.39. The molecule has 3 rings (SSSR count). The Kier molecular flexibility index (Phi) is 5.93. The third kappa shape index (κ3) is 5.33. The maximum absolute atomic E-state index is 12.6. The molecule has 1 aromatic heterocycles. The second-order valence-electron chi connectivity index (χ2n) is 6.02. The lowest BCUT2D eigenvalue weighted by molar-refractivity contribution is -0.137. The molecule has 2 nitrogen and oxygen atoms in total. The van der Waals surface area contributed by atoms with Gasteiger partial charge in [0, 0.05) is 24.0 Å². The quantitative estimate of drug-likeness (QED) is 0.527. The number of benzene rings is 2. The van der Waals surface area contributed by atoms with E-state index in [0.717, 1.165) is 47.1 Å². The number of aryl methyl sites for hydroxylation is 1. The molecule has 0 spiro atoms. The van der Waals surface area contributed by atoms with Gasteiger partial charge in [-0.2, -0.15) is 13.2 Å². The molecule has 0 saturated heterocycles. The lowest BCUT2D eigenvalue weighted by Gasteiger charge is -2.06. The minimum absolute atomic E-state index is 0.585. The van der Waals surface area contributed by atoms with Gasteiger partial charge in [-0.15, -0.1) is 11.3 Å². The van der Waals surface area contributed by atoms with Crippen LogP contribution in [0.3, 0.4) is 0 Å². The molecule has 26 heavy (non-hydrogen) atoms. The average Bonchev–Trinajstić information content (AvgIpc) is 3.07. The highest BCUT2D eigenvalue weighted by molar-refractivity contribution is 7.15. The molecule has 1 N–H and O–H groups in total. The van der Waals surface area contributed by atoms with Gasteiger partial charge >= 0.3 is 6.18 Å². The monoisotopic (exact) mass is 376 g/mol. The predicted molar refractivity (Wildman–Crippen MR) is 99.6 cm³/mol. The molecule has 0 aliphatic carbocycles. The topological polar surface area (TPSA) is 24.9 Å².